The molecule has 2 aromatic heterocycles. The predicted molar refractivity (Wildman–Crippen MR) is 97.4 cm³/mol. The minimum absolute atomic E-state index is 0.0852. The number of carbonyl (C=O) groups excluding carboxylic acids is 2. The Morgan fingerprint density at radius 3 is 2.72 bits per heavy atom. The van der Waals surface area contributed by atoms with E-state index in [1.165, 1.54) is 23.1 Å². The summed E-state index contributed by atoms with van der Waals surface area (Å²) in [7, 11) is 0. The highest BCUT2D eigenvalue weighted by Gasteiger charge is 2.11. The number of hydrogen-bond donors (Lipinski definition) is 2. The van der Waals surface area contributed by atoms with Crippen LogP contribution in [0.25, 0.3) is 11.0 Å². The number of amides is 3. The molecule has 0 aliphatic carbocycles. The number of carbonyl (C=O) groups is 2. The lowest BCUT2D eigenvalue weighted by atomic mass is 10.3. The van der Waals surface area contributed by atoms with E-state index in [2.05, 4.69) is 32.0 Å². The molecule has 0 bridgehead atoms. The van der Waals surface area contributed by atoms with E-state index in [9.17, 15) is 9.59 Å². The number of nitrogens with one attached hydrogen (secondary N) is 2. The number of rotatable bonds is 5. The van der Waals surface area contributed by atoms with Gasteiger partial charge in [0.15, 0.2) is 0 Å². The Bertz CT molecular complexity index is 897. The van der Waals surface area contributed by atoms with Gasteiger partial charge in [-0.1, -0.05) is 41.3 Å². The quantitative estimate of drug-likeness (QED) is 0.675. The fourth-order valence-electron chi connectivity index (χ4n) is 2.04. The van der Waals surface area contributed by atoms with Crippen molar-refractivity contribution >= 4 is 46.1 Å². The average Bonchev–Trinajstić information content (AvgIpc) is 3.11. The molecule has 1 aromatic carbocycles. The molecule has 0 spiro atoms. The maximum Gasteiger partial charge on any atom is 0.321 e. The van der Waals surface area contributed by atoms with Gasteiger partial charge in [0.25, 0.3) is 0 Å². The van der Waals surface area contributed by atoms with Gasteiger partial charge in [-0.2, -0.15) is 0 Å². The number of fused-ring (bicyclic) bond motifs is 1. The van der Waals surface area contributed by atoms with Crippen molar-refractivity contribution in [1.29, 1.82) is 0 Å². The lowest BCUT2D eigenvalue weighted by molar-refractivity contribution is -0.117. The highest BCUT2D eigenvalue weighted by molar-refractivity contribution is 7.99. The summed E-state index contributed by atoms with van der Waals surface area (Å²) in [5, 5.41) is 8.40. The molecule has 8 heteroatoms. The Kier molecular flexibility index (Phi) is 5.48. The highest BCUT2D eigenvalue weighted by Crippen LogP contribution is 2.21. The first-order valence-electron chi connectivity index (χ1n) is 7.42. The summed E-state index contributed by atoms with van der Waals surface area (Å²) in [6.45, 7) is 2.19. The third-order valence-corrected chi connectivity index (χ3v) is 5.00. The van der Waals surface area contributed by atoms with Gasteiger partial charge in [-0.25, -0.2) is 14.8 Å². The summed E-state index contributed by atoms with van der Waals surface area (Å²) in [5.74, 6) is -0.303. The van der Waals surface area contributed by atoms with Gasteiger partial charge in [0.2, 0.25) is 5.91 Å². The first-order chi connectivity index (χ1) is 12.1. The SMILES string of the molecule is Cc1nc2ccccc2nc1SCC(=O)NC(=O)NCc1cc#cs1. The Morgan fingerprint density at radius 2 is 2.00 bits per heavy atom. The summed E-state index contributed by atoms with van der Waals surface area (Å²) in [6, 6.07) is 11.6. The predicted octanol–water partition coefficient (Wildman–Crippen LogP) is 2.72. The molecule has 0 fully saturated rings. The van der Waals surface area contributed by atoms with Crippen LogP contribution in [0.1, 0.15) is 10.6 Å². The molecule has 6 nitrogen and oxygen atoms in total. The van der Waals surface area contributed by atoms with Crippen LogP contribution in [-0.4, -0.2) is 27.7 Å². The first kappa shape index (κ1) is 17.2. The zero-order valence-corrected chi connectivity index (χ0v) is 15.0. The summed E-state index contributed by atoms with van der Waals surface area (Å²) < 4.78 is 0. The third-order valence-electron chi connectivity index (χ3n) is 3.19. The summed E-state index contributed by atoms with van der Waals surface area (Å²) >= 11 is 2.62. The smallest absolute Gasteiger partial charge is 0.321 e. The summed E-state index contributed by atoms with van der Waals surface area (Å²) in [4.78, 5) is 33.5. The van der Waals surface area contributed by atoms with E-state index < -0.39 is 6.03 Å². The molecule has 0 aliphatic rings. The zero-order chi connectivity index (χ0) is 17.6. The number of aromatic nitrogens is 2. The van der Waals surface area contributed by atoms with Crippen molar-refractivity contribution in [2.24, 2.45) is 0 Å². The van der Waals surface area contributed by atoms with E-state index in [1.54, 1.807) is 6.07 Å². The van der Waals surface area contributed by atoms with Crippen LogP contribution in [0.5, 0.6) is 0 Å². The van der Waals surface area contributed by atoms with Crippen LogP contribution in [0.3, 0.4) is 0 Å². The number of para-hydroxylation sites is 2. The molecule has 2 N–H and O–H groups in total. The number of hydrogen-bond acceptors (Lipinski definition) is 6. The lowest BCUT2D eigenvalue weighted by Gasteiger charge is -2.07. The number of nitrogens with zero attached hydrogens (tertiary/aromatic N) is 2. The molecule has 25 heavy (non-hydrogen) atoms. The van der Waals surface area contributed by atoms with Crippen molar-refractivity contribution in [1.82, 2.24) is 20.6 Å². The van der Waals surface area contributed by atoms with Gasteiger partial charge in [0.05, 0.1) is 29.0 Å². The van der Waals surface area contributed by atoms with Crippen molar-refractivity contribution in [2.45, 2.75) is 18.5 Å². The normalized spacial score (nSPS) is 10.3. The Hall–Kier alpha value is -2.63. The molecule has 0 radical (unpaired) electrons. The van der Waals surface area contributed by atoms with Crippen LogP contribution >= 0.6 is 23.1 Å². The molecule has 0 unspecified atom stereocenters. The van der Waals surface area contributed by atoms with Crippen molar-refractivity contribution < 1.29 is 9.59 Å². The molecule has 3 aromatic rings. The van der Waals surface area contributed by atoms with Gasteiger partial charge < -0.3 is 5.32 Å². The maximum atomic E-state index is 11.9. The minimum Gasteiger partial charge on any atom is -0.333 e. The maximum absolute atomic E-state index is 11.9. The van der Waals surface area contributed by atoms with Gasteiger partial charge >= 0.3 is 6.03 Å². The molecule has 0 saturated carbocycles. The molecule has 0 saturated heterocycles. The second-order valence-electron chi connectivity index (χ2n) is 5.08. The van der Waals surface area contributed by atoms with Crippen LogP contribution in [0.4, 0.5) is 4.79 Å². The number of imide groups is 1. The third kappa shape index (κ3) is 4.68. The molecule has 3 rings (SSSR count). The van der Waals surface area contributed by atoms with E-state index in [4.69, 9.17) is 0 Å². The number of urea groups is 1. The van der Waals surface area contributed by atoms with Crippen molar-refractivity contribution in [3.05, 3.63) is 52.3 Å². The standard InChI is InChI=1S/C17H14N4O2S2/c1-11-16(20-14-7-3-2-6-13(14)19-11)25-10-15(22)21-17(23)18-9-12-5-4-8-24-12/h2-3,5-7H,9-10H2,1H3,(H2,18,21,22,23). The molecule has 126 valence electrons. The molecule has 2 heterocycles. The van der Waals surface area contributed by atoms with Gasteiger partial charge in [-0.15, -0.1) is 0 Å². The van der Waals surface area contributed by atoms with Gasteiger partial charge in [0, 0.05) is 10.9 Å². The summed E-state index contributed by atoms with van der Waals surface area (Å²) in [6.07, 6.45) is 0. The lowest BCUT2D eigenvalue weighted by Crippen LogP contribution is -2.39. The Morgan fingerprint density at radius 1 is 1.24 bits per heavy atom. The average molecular weight is 370 g/mol. The van der Waals surface area contributed by atoms with Crippen LogP contribution in [0, 0.1) is 18.4 Å². The van der Waals surface area contributed by atoms with E-state index >= 15 is 0 Å². The zero-order valence-electron chi connectivity index (χ0n) is 13.3. The highest BCUT2D eigenvalue weighted by atomic mass is 32.2. The van der Waals surface area contributed by atoms with Gasteiger partial charge in [-0.3, -0.25) is 10.1 Å². The number of benzene rings is 1. The van der Waals surface area contributed by atoms with Crippen molar-refractivity contribution in [2.75, 3.05) is 5.75 Å². The monoisotopic (exact) mass is 370 g/mol. The van der Waals surface area contributed by atoms with E-state index in [0.29, 0.717) is 11.6 Å². The molecular weight excluding hydrogens is 356 g/mol. The Labute approximate surface area is 153 Å². The van der Waals surface area contributed by atoms with Gasteiger partial charge in [-0.05, 0) is 24.4 Å². The fraction of sp³-hybridized carbons (Fsp3) is 0.176. The van der Waals surface area contributed by atoms with Crippen LogP contribution < -0.4 is 10.6 Å². The van der Waals surface area contributed by atoms with Crippen LogP contribution in [0.15, 0.2) is 35.4 Å². The topological polar surface area (TPSA) is 84.0 Å². The molecule has 3 amide bonds. The van der Waals surface area contributed by atoms with Crippen molar-refractivity contribution in [3.63, 3.8) is 0 Å². The van der Waals surface area contributed by atoms with E-state index in [1.807, 2.05) is 31.2 Å². The van der Waals surface area contributed by atoms with Crippen molar-refractivity contribution in [3.8, 4) is 0 Å². The fourth-order valence-corrected chi connectivity index (χ4v) is 3.31. The number of thioether (sulfide) groups is 1. The van der Waals surface area contributed by atoms with E-state index in [-0.39, 0.29) is 11.7 Å². The van der Waals surface area contributed by atoms with Crippen LogP contribution in [-0.2, 0) is 11.3 Å². The first-order valence-corrected chi connectivity index (χ1v) is 9.22. The minimum atomic E-state index is -0.527. The van der Waals surface area contributed by atoms with Gasteiger partial charge in [0.1, 0.15) is 5.03 Å². The van der Waals surface area contributed by atoms with E-state index in [0.717, 1.165) is 21.6 Å². The number of aryl methyl sites for hydroxylation is 1. The Balaban J connectivity index is 1.51. The molecule has 0 atom stereocenters. The largest absolute Gasteiger partial charge is 0.333 e. The second kappa shape index (κ2) is 7.96. The molecule has 0 aliphatic heterocycles. The van der Waals surface area contributed by atoms with Crippen LogP contribution in [0.2, 0.25) is 0 Å². The molecular formula is C17H14N4O2S2. The summed E-state index contributed by atoms with van der Waals surface area (Å²) in [5.41, 5.74) is 2.35. The second-order valence-corrected chi connectivity index (χ2v) is 6.98.